The smallest absolute Gasteiger partial charge is 0.240 e. The van der Waals surface area contributed by atoms with Crippen molar-refractivity contribution in [2.75, 3.05) is 20.1 Å². The monoisotopic (exact) mass is 298 g/mol. The number of sulfonamides is 1. The predicted molar refractivity (Wildman–Crippen MR) is 79.0 cm³/mol. The van der Waals surface area contributed by atoms with Crippen LogP contribution in [0.5, 0.6) is 0 Å². The number of aryl methyl sites for hydroxylation is 2. The molecule has 0 bridgehead atoms. The van der Waals surface area contributed by atoms with Crippen LogP contribution in [0.1, 0.15) is 24.5 Å². The second-order valence-electron chi connectivity index (χ2n) is 4.82. The van der Waals surface area contributed by atoms with Gasteiger partial charge < -0.3 is 4.90 Å². The topological polar surface area (TPSA) is 66.5 Å². The van der Waals surface area contributed by atoms with Gasteiger partial charge >= 0.3 is 0 Å². The molecule has 0 fully saturated rings. The SMILES string of the molecule is CCN(C)C(=O)CCNS(=O)(=O)c1ccc(C)cc1C. The molecule has 0 aliphatic heterocycles. The van der Waals surface area contributed by atoms with E-state index in [2.05, 4.69) is 4.72 Å². The molecule has 6 heteroatoms. The van der Waals surface area contributed by atoms with Gasteiger partial charge in [0.1, 0.15) is 0 Å². The summed E-state index contributed by atoms with van der Waals surface area (Å²) in [5.74, 6) is -0.0733. The summed E-state index contributed by atoms with van der Waals surface area (Å²) in [4.78, 5) is 13.4. The molecule has 0 spiro atoms. The number of rotatable bonds is 6. The molecule has 0 unspecified atom stereocenters. The van der Waals surface area contributed by atoms with Gasteiger partial charge in [-0.05, 0) is 32.4 Å². The van der Waals surface area contributed by atoms with Gasteiger partial charge in [-0.15, -0.1) is 0 Å². The molecule has 0 heterocycles. The third kappa shape index (κ3) is 4.31. The van der Waals surface area contributed by atoms with Crippen LogP contribution in [0, 0.1) is 13.8 Å². The van der Waals surface area contributed by atoms with Gasteiger partial charge in [0, 0.05) is 26.6 Å². The normalized spacial score (nSPS) is 11.4. The number of carbonyl (C=O) groups excluding carboxylic acids is 1. The average molecular weight is 298 g/mol. The van der Waals surface area contributed by atoms with Crippen molar-refractivity contribution in [3.05, 3.63) is 29.3 Å². The van der Waals surface area contributed by atoms with Gasteiger partial charge in [0.15, 0.2) is 0 Å². The Labute approximate surface area is 121 Å². The molecular formula is C14H22N2O3S. The van der Waals surface area contributed by atoms with Gasteiger partial charge in [-0.3, -0.25) is 4.79 Å². The van der Waals surface area contributed by atoms with Crippen molar-refractivity contribution in [3.8, 4) is 0 Å². The van der Waals surface area contributed by atoms with E-state index in [1.807, 2.05) is 19.9 Å². The van der Waals surface area contributed by atoms with Gasteiger partial charge in [0.05, 0.1) is 4.90 Å². The average Bonchev–Trinajstić information content (AvgIpc) is 2.36. The third-order valence-corrected chi connectivity index (χ3v) is 4.77. The Kier molecular flexibility index (Phi) is 5.71. The minimum Gasteiger partial charge on any atom is -0.346 e. The van der Waals surface area contributed by atoms with Crippen molar-refractivity contribution in [2.24, 2.45) is 0 Å². The zero-order valence-corrected chi connectivity index (χ0v) is 13.3. The molecule has 0 aliphatic rings. The Bertz CT molecular complexity index is 582. The van der Waals surface area contributed by atoms with Crippen LogP contribution in [0.3, 0.4) is 0 Å². The zero-order chi connectivity index (χ0) is 15.3. The molecule has 0 radical (unpaired) electrons. The fourth-order valence-electron chi connectivity index (χ4n) is 1.84. The van der Waals surface area contributed by atoms with Crippen LogP contribution in [0.4, 0.5) is 0 Å². The van der Waals surface area contributed by atoms with Crippen LogP contribution in [-0.2, 0) is 14.8 Å². The van der Waals surface area contributed by atoms with Crippen molar-refractivity contribution >= 4 is 15.9 Å². The Hall–Kier alpha value is -1.40. The lowest BCUT2D eigenvalue weighted by atomic mass is 10.2. The van der Waals surface area contributed by atoms with Crippen LogP contribution in [0.25, 0.3) is 0 Å². The fraction of sp³-hybridized carbons (Fsp3) is 0.500. The number of hydrogen-bond donors (Lipinski definition) is 1. The van der Waals surface area contributed by atoms with E-state index in [1.54, 1.807) is 31.0 Å². The van der Waals surface area contributed by atoms with Crippen LogP contribution < -0.4 is 4.72 Å². The molecule has 0 saturated carbocycles. The number of benzene rings is 1. The number of nitrogens with one attached hydrogen (secondary N) is 1. The highest BCUT2D eigenvalue weighted by molar-refractivity contribution is 7.89. The molecule has 5 nitrogen and oxygen atoms in total. The molecule has 0 atom stereocenters. The van der Waals surface area contributed by atoms with Crippen LogP contribution in [0.15, 0.2) is 23.1 Å². The predicted octanol–water partition coefficient (Wildman–Crippen LogP) is 1.45. The number of nitrogens with zero attached hydrogens (tertiary/aromatic N) is 1. The maximum absolute atomic E-state index is 12.1. The molecule has 1 aromatic rings. The number of amides is 1. The molecule has 1 rings (SSSR count). The lowest BCUT2D eigenvalue weighted by Gasteiger charge is -2.15. The summed E-state index contributed by atoms with van der Waals surface area (Å²) in [6, 6.07) is 5.18. The maximum atomic E-state index is 12.1. The number of carbonyl (C=O) groups is 1. The molecule has 0 saturated heterocycles. The Morgan fingerprint density at radius 1 is 1.30 bits per heavy atom. The molecule has 0 aromatic heterocycles. The van der Waals surface area contributed by atoms with E-state index in [0.29, 0.717) is 12.1 Å². The summed E-state index contributed by atoms with van der Waals surface area (Å²) in [6.45, 7) is 6.27. The van der Waals surface area contributed by atoms with Crippen molar-refractivity contribution in [1.29, 1.82) is 0 Å². The summed E-state index contributed by atoms with van der Waals surface area (Å²) in [7, 11) is -1.86. The summed E-state index contributed by atoms with van der Waals surface area (Å²) in [5.41, 5.74) is 1.72. The van der Waals surface area contributed by atoms with Crippen molar-refractivity contribution in [2.45, 2.75) is 32.1 Å². The van der Waals surface area contributed by atoms with Crippen molar-refractivity contribution in [3.63, 3.8) is 0 Å². The van der Waals surface area contributed by atoms with E-state index in [1.165, 1.54) is 0 Å². The highest BCUT2D eigenvalue weighted by atomic mass is 32.2. The minimum absolute atomic E-state index is 0.0733. The van der Waals surface area contributed by atoms with Crippen molar-refractivity contribution in [1.82, 2.24) is 9.62 Å². The highest BCUT2D eigenvalue weighted by Gasteiger charge is 2.17. The maximum Gasteiger partial charge on any atom is 0.240 e. The van der Waals surface area contributed by atoms with Gasteiger partial charge in [-0.2, -0.15) is 0 Å². The first-order valence-corrected chi connectivity index (χ1v) is 8.07. The van der Waals surface area contributed by atoms with Crippen LogP contribution in [-0.4, -0.2) is 39.4 Å². The van der Waals surface area contributed by atoms with E-state index in [-0.39, 0.29) is 23.8 Å². The van der Waals surface area contributed by atoms with Gasteiger partial charge in [-0.1, -0.05) is 17.7 Å². The third-order valence-electron chi connectivity index (χ3n) is 3.15. The Morgan fingerprint density at radius 2 is 1.95 bits per heavy atom. The summed E-state index contributed by atoms with van der Waals surface area (Å²) < 4.78 is 26.8. The Morgan fingerprint density at radius 3 is 2.50 bits per heavy atom. The van der Waals surface area contributed by atoms with E-state index < -0.39 is 10.0 Å². The van der Waals surface area contributed by atoms with Crippen LogP contribution >= 0.6 is 0 Å². The lowest BCUT2D eigenvalue weighted by Crippen LogP contribution is -2.32. The highest BCUT2D eigenvalue weighted by Crippen LogP contribution is 2.16. The van der Waals surface area contributed by atoms with E-state index >= 15 is 0 Å². The largest absolute Gasteiger partial charge is 0.346 e. The first-order chi connectivity index (χ1) is 9.27. The second-order valence-corrected chi connectivity index (χ2v) is 6.56. The zero-order valence-electron chi connectivity index (χ0n) is 12.4. The summed E-state index contributed by atoms with van der Waals surface area (Å²) >= 11 is 0. The summed E-state index contributed by atoms with van der Waals surface area (Å²) in [5, 5.41) is 0. The molecule has 112 valence electrons. The standard InChI is InChI=1S/C14H22N2O3S/c1-5-16(4)14(17)8-9-15-20(18,19)13-7-6-11(2)10-12(13)3/h6-7,10,15H,5,8-9H2,1-4H3. The quantitative estimate of drug-likeness (QED) is 0.864. The van der Waals surface area contributed by atoms with E-state index in [0.717, 1.165) is 5.56 Å². The molecule has 1 N–H and O–H groups in total. The Balaban J connectivity index is 2.69. The van der Waals surface area contributed by atoms with Gasteiger partial charge in [0.25, 0.3) is 0 Å². The van der Waals surface area contributed by atoms with E-state index in [4.69, 9.17) is 0 Å². The second kappa shape index (κ2) is 6.85. The first-order valence-electron chi connectivity index (χ1n) is 6.59. The minimum atomic E-state index is -3.56. The fourth-order valence-corrected chi connectivity index (χ4v) is 3.09. The van der Waals surface area contributed by atoms with Crippen molar-refractivity contribution < 1.29 is 13.2 Å². The molecule has 20 heavy (non-hydrogen) atoms. The first kappa shape index (κ1) is 16.7. The molecule has 1 amide bonds. The summed E-state index contributed by atoms with van der Waals surface area (Å²) in [6.07, 6.45) is 0.161. The number of hydrogen-bond acceptors (Lipinski definition) is 3. The van der Waals surface area contributed by atoms with E-state index in [9.17, 15) is 13.2 Å². The van der Waals surface area contributed by atoms with Gasteiger partial charge in [0.2, 0.25) is 15.9 Å². The van der Waals surface area contributed by atoms with Gasteiger partial charge in [-0.25, -0.2) is 13.1 Å². The van der Waals surface area contributed by atoms with Crippen LogP contribution in [0.2, 0.25) is 0 Å². The molecular weight excluding hydrogens is 276 g/mol. The molecule has 0 aliphatic carbocycles. The molecule has 1 aromatic carbocycles. The lowest BCUT2D eigenvalue weighted by molar-refractivity contribution is -0.129.